The Morgan fingerprint density at radius 2 is 0.759 bits per heavy atom. The van der Waals surface area contributed by atoms with Crippen molar-refractivity contribution in [3.8, 4) is 34.5 Å². The van der Waals surface area contributed by atoms with Crippen molar-refractivity contribution in [2.45, 2.75) is 34.6 Å². The van der Waals surface area contributed by atoms with E-state index in [1.807, 2.05) is 6.92 Å². The van der Waals surface area contributed by atoms with Gasteiger partial charge >= 0.3 is 17.9 Å². The van der Waals surface area contributed by atoms with Gasteiger partial charge in [-0.1, -0.05) is 46.4 Å². The standard InChI is InChI=1S/C10H9NO3S.C10H9NO2S.C9H7NO4S.C9H7NO3S.C8H7Cl2NO2.C5H3Cl2N.4Ar/c1-5-8-6(12)3-11-4-7(8)15-9(5)10(13)14-2;1-5-9-7(13)3-11-4-8(9)14-10(5)6(2)12;1-14-9(13)8-7(12)6-4(11)2-10-3-5(6)15-8;1-4(11)9-8(13)7-5(12)2-10-3-6(7)14-9;1-2-13-8(12)7-5(9)3-11-4-6(7)10;6-4-1-5(7)3-8-2-4;;;;/h3-4,12H,1-2H3;3-4,13H,1-2H3;2-3,11-12H,1H3;2-3,12-13H,1H3;3-4H,2H2,1H3;1-3H;;;;. The van der Waals surface area contributed by atoms with Crippen LogP contribution >= 0.6 is 91.8 Å². The Hall–Kier alpha value is -2.51. The largest absolute Gasteiger partial charge is 0.506 e. The van der Waals surface area contributed by atoms with Gasteiger partial charge in [0.05, 0.1) is 106 Å². The van der Waals surface area contributed by atoms with E-state index in [1.54, 1.807) is 32.3 Å². The minimum atomic E-state index is -0.631. The monoisotopic (exact) mass is 1390 g/mol. The smallest absolute Gasteiger partial charge is 0.351 e. The molecule has 0 saturated carbocycles. The molecule has 32 heteroatoms. The second kappa shape index (κ2) is 37.4. The number of esters is 3. The number of hydrogen-bond donors (Lipinski definition) is 6. The zero-order valence-electron chi connectivity index (χ0n) is 43.4. The number of methoxy groups -OCH3 is 2. The van der Waals surface area contributed by atoms with Crippen LogP contribution in [-0.4, -0.2) is 111 Å². The molecule has 83 heavy (non-hydrogen) atoms. The summed E-state index contributed by atoms with van der Waals surface area (Å²) in [7, 11) is 2.56. The minimum Gasteiger partial charge on any atom is -0.506 e. The molecule has 0 unspecified atom stereocenters. The Kier molecular flexibility index (Phi) is 35.3. The number of aryl methyl sites for hydroxylation is 2. The second-order valence-electron chi connectivity index (χ2n) is 15.4. The number of carbonyl (C=O) groups is 5. The fraction of sp³-hybridized carbons (Fsp3) is 0.157. The first-order valence-electron chi connectivity index (χ1n) is 22.1. The zero-order chi connectivity index (χ0) is 58.4. The fourth-order valence-corrected chi connectivity index (χ4v) is 11.8. The summed E-state index contributed by atoms with van der Waals surface area (Å²) in [5, 5.41) is 60.9. The van der Waals surface area contributed by atoms with Crippen molar-refractivity contribution in [1.82, 2.24) is 29.9 Å². The number of fused-ring (bicyclic) bond motifs is 4. The Balaban J connectivity index is 0.000000497. The van der Waals surface area contributed by atoms with Crippen LogP contribution in [0.2, 0.25) is 20.1 Å². The van der Waals surface area contributed by atoms with Crippen molar-refractivity contribution in [3.63, 3.8) is 0 Å². The van der Waals surface area contributed by atoms with Crippen LogP contribution in [0.5, 0.6) is 34.5 Å². The summed E-state index contributed by atoms with van der Waals surface area (Å²) in [4.78, 5) is 80.5. The molecule has 6 N–H and O–H groups in total. The van der Waals surface area contributed by atoms with Crippen molar-refractivity contribution in [2.24, 2.45) is 0 Å². The predicted octanol–water partition coefficient (Wildman–Crippen LogP) is 13.0. The molecule has 0 atom stereocenters. The van der Waals surface area contributed by atoms with Crippen LogP contribution in [0.25, 0.3) is 40.3 Å². The molecular formula is C51H42Ar4Cl4N6O14S4. The molecule has 10 rings (SSSR count). The summed E-state index contributed by atoms with van der Waals surface area (Å²) in [6, 6.07) is 1.64. The van der Waals surface area contributed by atoms with Gasteiger partial charge in [-0.2, -0.15) is 0 Å². The van der Waals surface area contributed by atoms with Gasteiger partial charge in [-0.15, -0.1) is 45.3 Å². The van der Waals surface area contributed by atoms with Crippen LogP contribution < -0.4 is 0 Å². The first-order chi connectivity index (χ1) is 37.5. The van der Waals surface area contributed by atoms with Crippen LogP contribution in [0.1, 0.15) is 80.9 Å². The Morgan fingerprint density at radius 1 is 0.446 bits per heavy atom. The molecule has 0 amide bonds. The number of ether oxygens (including phenoxy) is 3. The van der Waals surface area contributed by atoms with E-state index >= 15 is 0 Å². The van der Waals surface area contributed by atoms with E-state index in [-0.39, 0.29) is 240 Å². The molecule has 0 saturated heterocycles. The van der Waals surface area contributed by atoms with Crippen LogP contribution in [0.4, 0.5) is 0 Å². The number of halogens is 4. The molecular weight excluding hydrogens is 1350 g/mol. The molecule has 0 aliphatic rings. The van der Waals surface area contributed by atoms with Gasteiger partial charge in [0, 0.05) is 218 Å². The normalized spacial score (nSPS) is 9.82. The van der Waals surface area contributed by atoms with Gasteiger partial charge in [-0.05, 0) is 44.9 Å². The maximum Gasteiger partial charge on any atom is 0.351 e. The second-order valence-corrected chi connectivity index (χ2v) is 21.3. The van der Waals surface area contributed by atoms with E-state index in [0.717, 1.165) is 48.6 Å². The zero-order valence-corrected chi connectivity index (χ0v) is 52.5. The van der Waals surface area contributed by atoms with Crippen molar-refractivity contribution < 1.29 is 220 Å². The fourth-order valence-electron chi connectivity index (χ4n) is 6.70. The average molecular weight is 1390 g/mol. The Bertz CT molecular complexity index is 3680. The van der Waals surface area contributed by atoms with Crippen molar-refractivity contribution in [2.75, 3.05) is 20.8 Å². The molecule has 0 bridgehead atoms. The number of Topliss-reactive ketones (excluding diaryl/α,β-unsaturated/α-hetero) is 2. The molecule has 20 nitrogen and oxygen atoms in total. The van der Waals surface area contributed by atoms with Crippen molar-refractivity contribution in [1.29, 1.82) is 0 Å². The maximum atomic E-state index is 11.4. The summed E-state index contributed by atoms with van der Waals surface area (Å²) < 4.78 is 16.7. The van der Waals surface area contributed by atoms with Crippen LogP contribution in [0.15, 0.2) is 80.4 Å². The van der Waals surface area contributed by atoms with Crippen LogP contribution in [0, 0.1) is 165 Å². The van der Waals surface area contributed by atoms with E-state index in [2.05, 4.69) is 39.4 Å². The van der Waals surface area contributed by atoms with Gasteiger partial charge in [-0.3, -0.25) is 39.5 Å². The van der Waals surface area contributed by atoms with Gasteiger partial charge in [0.25, 0.3) is 0 Å². The van der Waals surface area contributed by atoms with E-state index in [9.17, 15) is 54.6 Å². The summed E-state index contributed by atoms with van der Waals surface area (Å²) in [5.41, 5.74) is 1.75. The molecule has 0 radical (unpaired) electrons. The molecule has 0 aliphatic heterocycles. The molecule has 10 aromatic rings. The number of pyridine rings is 6. The third kappa shape index (κ3) is 20.5. The van der Waals surface area contributed by atoms with E-state index < -0.39 is 11.9 Å². The number of hydrogen-bond acceptors (Lipinski definition) is 24. The van der Waals surface area contributed by atoms with Gasteiger partial charge < -0.3 is 44.8 Å². The minimum absolute atomic E-state index is 0. The van der Waals surface area contributed by atoms with Crippen molar-refractivity contribution >= 4 is 162 Å². The molecule has 10 heterocycles. The van der Waals surface area contributed by atoms with Gasteiger partial charge in [-0.25, -0.2) is 14.4 Å². The summed E-state index contributed by atoms with van der Waals surface area (Å²) in [6.07, 6.45) is 17.2. The molecule has 0 spiro atoms. The first-order valence-corrected chi connectivity index (χ1v) is 26.8. The first kappa shape index (κ1) is 78.5. The van der Waals surface area contributed by atoms with Gasteiger partial charge in [0.1, 0.15) is 38.5 Å². The molecule has 0 fully saturated rings. The number of aromatic hydroxyl groups is 6. The summed E-state index contributed by atoms with van der Waals surface area (Å²) in [5.74, 6) is -2.17. The number of thiophene rings is 4. The Morgan fingerprint density at radius 3 is 1.11 bits per heavy atom. The van der Waals surface area contributed by atoms with Gasteiger partial charge in [0.15, 0.2) is 22.2 Å². The SMILES string of the molecule is CC(=O)c1sc2cncc(O)c2c1C.CC(=O)c1sc2cncc(O)c2c1O.CCOC(=O)c1c(Cl)cncc1Cl.COC(=O)c1sc2cncc(O)c2c1C.COC(=O)c1sc2cncc(O)c2c1O.Clc1cncc(Cl)c1.[Ar].[Ar].[Ar].[Ar]. The third-order valence-corrected chi connectivity index (χ3v) is 16.0. The topological polar surface area (TPSA) is 312 Å². The molecule has 10 aromatic heterocycles. The third-order valence-electron chi connectivity index (χ3n) is 10.1. The number of carbonyl (C=O) groups excluding carboxylic acids is 5. The quantitative estimate of drug-likeness (QED) is 0.0512. The van der Waals surface area contributed by atoms with E-state index in [0.29, 0.717) is 40.0 Å². The summed E-state index contributed by atoms with van der Waals surface area (Å²) >= 11 is 27.2. The van der Waals surface area contributed by atoms with Crippen LogP contribution in [0.3, 0.4) is 0 Å². The summed E-state index contributed by atoms with van der Waals surface area (Å²) in [6.45, 7) is 8.52. The predicted molar refractivity (Wildman–Crippen MR) is 305 cm³/mol. The number of nitrogens with zero attached hydrogens (tertiary/aromatic N) is 6. The van der Waals surface area contributed by atoms with E-state index in [1.165, 1.54) is 113 Å². The molecule has 444 valence electrons. The number of ketones is 2. The molecule has 0 aromatic carbocycles. The number of aromatic nitrogens is 6. The molecule has 0 aliphatic carbocycles. The number of rotatable bonds is 6. The van der Waals surface area contributed by atoms with E-state index in [4.69, 9.17) is 51.1 Å². The maximum absolute atomic E-state index is 11.4. The van der Waals surface area contributed by atoms with Crippen molar-refractivity contribution in [3.05, 3.63) is 137 Å². The average Bonchev–Trinajstić information content (AvgIpc) is 4.27. The van der Waals surface area contributed by atoms with Crippen LogP contribution in [-0.2, 0) is 14.2 Å². The van der Waals surface area contributed by atoms with Gasteiger partial charge in [0.2, 0.25) is 0 Å². The Labute approximate surface area is 628 Å².